The molecule has 31 heavy (non-hydrogen) atoms. The summed E-state index contributed by atoms with van der Waals surface area (Å²) in [5.41, 5.74) is 0.903. The van der Waals surface area contributed by atoms with E-state index in [4.69, 9.17) is 4.74 Å². The van der Waals surface area contributed by atoms with Crippen LogP contribution in [0.25, 0.3) is 10.8 Å². The van der Waals surface area contributed by atoms with E-state index in [0.717, 1.165) is 29.2 Å². The Kier molecular flexibility index (Phi) is 6.42. The highest BCUT2D eigenvalue weighted by atomic mass is 32.2. The molecule has 0 radical (unpaired) electrons. The molecular formula is C26H28O4S. The second-order valence-corrected chi connectivity index (χ2v) is 10.4. The van der Waals surface area contributed by atoms with Crippen LogP contribution in [-0.2, 0) is 19.4 Å². The largest absolute Gasteiger partial charge is 0.461 e. The molecule has 3 aromatic rings. The van der Waals surface area contributed by atoms with Crippen molar-refractivity contribution in [3.8, 4) is 0 Å². The van der Waals surface area contributed by atoms with Gasteiger partial charge >= 0.3 is 5.97 Å². The summed E-state index contributed by atoms with van der Waals surface area (Å²) in [6.07, 6.45) is 2.77. The smallest absolute Gasteiger partial charge is 0.313 e. The molecule has 4 nitrogen and oxygen atoms in total. The second-order valence-electron chi connectivity index (χ2n) is 8.22. The molecule has 0 heterocycles. The lowest BCUT2D eigenvalue weighted by Gasteiger charge is -2.32. The van der Waals surface area contributed by atoms with Crippen molar-refractivity contribution in [2.75, 3.05) is 0 Å². The number of rotatable bonds is 6. The molecule has 1 saturated carbocycles. The van der Waals surface area contributed by atoms with Gasteiger partial charge in [0, 0.05) is 0 Å². The van der Waals surface area contributed by atoms with Crippen LogP contribution in [0.4, 0.5) is 0 Å². The Morgan fingerprint density at radius 3 is 2.35 bits per heavy atom. The summed E-state index contributed by atoms with van der Waals surface area (Å²) in [4.78, 5) is 13.3. The maximum atomic E-state index is 13.5. The minimum atomic E-state index is -3.62. The fraction of sp³-hybridized carbons (Fsp3) is 0.346. The van der Waals surface area contributed by atoms with Crippen LogP contribution in [0.1, 0.15) is 50.5 Å². The normalized spacial score (nSPS) is 20.3. The molecule has 0 aliphatic heterocycles. The zero-order chi connectivity index (χ0) is 21.8. The monoisotopic (exact) mass is 436 g/mol. The van der Waals surface area contributed by atoms with E-state index >= 15 is 0 Å². The van der Waals surface area contributed by atoms with E-state index in [1.165, 1.54) is 0 Å². The average molecular weight is 437 g/mol. The summed E-state index contributed by atoms with van der Waals surface area (Å²) in [6, 6.07) is 22.5. The molecule has 0 bridgehead atoms. The van der Waals surface area contributed by atoms with Crippen LogP contribution in [0.3, 0.4) is 0 Å². The molecule has 5 heteroatoms. The van der Waals surface area contributed by atoms with E-state index in [1.807, 2.05) is 67.6 Å². The first-order valence-electron chi connectivity index (χ1n) is 11.0. The maximum absolute atomic E-state index is 13.5. The predicted molar refractivity (Wildman–Crippen MR) is 123 cm³/mol. The van der Waals surface area contributed by atoms with Crippen LogP contribution >= 0.6 is 0 Å². The number of ether oxygens (including phenoxy) is 1. The average Bonchev–Trinajstić information content (AvgIpc) is 2.80. The van der Waals surface area contributed by atoms with Gasteiger partial charge in [-0.25, -0.2) is 8.42 Å². The van der Waals surface area contributed by atoms with E-state index in [0.29, 0.717) is 24.2 Å². The molecule has 0 aromatic heterocycles. The van der Waals surface area contributed by atoms with Crippen LogP contribution in [0.2, 0.25) is 0 Å². The van der Waals surface area contributed by atoms with Gasteiger partial charge in [-0.2, -0.15) is 0 Å². The summed E-state index contributed by atoms with van der Waals surface area (Å²) < 4.78 is 33.0. The van der Waals surface area contributed by atoms with Gasteiger partial charge in [-0.15, -0.1) is 0 Å². The number of fused-ring (bicyclic) bond motifs is 1. The predicted octanol–water partition coefficient (Wildman–Crippen LogP) is 5.66. The number of hydrogen-bond donors (Lipinski definition) is 0. The minimum Gasteiger partial charge on any atom is -0.461 e. The Labute approximate surface area is 184 Å². The number of carbonyl (C=O) groups is 1. The summed E-state index contributed by atoms with van der Waals surface area (Å²) in [5, 5.41) is 1.18. The van der Waals surface area contributed by atoms with Crippen molar-refractivity contribution < 1.29 is 17.9 Å². The quantitative estimate of drug-likeness (QED) is 0.468. The van der Waals surface area contributed by atoms with Gasteiger partial charge in [0.1, 0.15) is 11.4 Å². The van der Waals surface area contributed by atoms with Gasteiger partial charge in [0.2, 0.25) is 0 Å². The Balaban J connectivity index is 1.59. The topological polar surface area (TPSA) is 60.4 Å². The highest BCUT2D eigenvalue weighted by Crippen LogP contribution is 2.33. The number of carbonyl (C=O) groups excluding carboxylic acids is 1. The molecule has 0 spiro atoms. The Morgan fingerprint density at radius 2 is 1.61 bits per heavy atom. The highest BCUT2D eigenvalue weighted by Gasteiger charge is 2.39. The van der Waals surface area contributed by atoms with Crippen molar-refractivity contribution in [2.45, 2.75) is 61.2 Å². The molecule has 0 saturated heterocycles. The summed E-state index contributed by atoms with van der Waals surface area (Å²) in [5.74, 6) is -0.716. The van der Waals surface area contributed by atoms with Crippen molar-refractivity contribution in [3.63, 3.8) is 0 Å². The van der Waals surface area contributed by atoms with Gasteiger partial charge in [-0.1, -0.05) is 74.0 Å². The van der Waals surface area contributed by atoms with Crippen LogP contribution < -0.4 is 0 Å². The molecule has 0 unspecified atom stereocenters. The third kappa shape index (κ3) is 4.52. The van der Waals surface area contributed by atoms with Gasteiger partial charge in [0.25, 0.3) is 0 Å². The van der Waals surface area contributed by atoms with Crippen LogP contribution in [0, 0.1) is 0 Å². The molecule has 162 valence electrons. The van der Waals surface area contributed by atoms with E-state index in [9.17, 15) is 13.2 Å². The summed E-state index contributed by atoms with van der Waals surface area (Å²) >= 11 is 0. The Hall–Kier alpha value is -2.66. The Bertz CT molecular complexity index is 1150. The van der Waals surface area contributed by atoms with Crippen molar-refractivity contribution in [3.05, 3.63) is 78.4 Å². The van der Waals surface area contributed by atoms with Gasteiger partial charge in [-0.3, -0.25) is 4.79 Å². The van der Waals surface area contributed by atoms with E-state index in [2.05, 4.69) is 0 Å². The van der Waals surface area contributed by atoms with Crippen molar-refractivity contribution in [2.24, 2.45) is 0 Å². The van der Waals surface area contributed by atoms with Gasteiger partial charge in [0.05, 0.1) is 10.8 Å². The van der Waals surface area contributed by atoms with Gasteiger partial charge < -0.3 is 4.74 Å². The third-order valence-corrected chi connectivity index (χ3v) is 8.50. The van der Waals surface area contributed by atoms with E-state index < -0.39 is 21.2 Å². The molecule has 1 fully saturated rings. The Morgan fingerprint density at radius 1 is 0.935 bits per heavy atom. The second kappa shape index (κ2) is 9.23. The molecular weight excluding hydrogens is 408 g/mol. The fourth-order valence-corrected chi connectivity index (χ4v) is 6.49. The number of sulfone groups is 1. The number of benzene rings is 3. The molecule has 1 aliphatic carbocycles. The number of hydrogen-bond acceptors (Lipinski definition) is 4. The molecule has 1 aliphatic rings. The fourth-order valence-electron chi connectivity index (χ4n) is 4.53. The first-order valence-corrected chi connectivity index (χ1v) is 12.5. The molecule has 0 amide bonds. The van der Waals surface area contributed by atoms with Gasteiger partial charge in [0.15, 0.2) is 9.84 Å². The third-order valence-electron chi connectivity index (χ3n) is 6.25. The zero-order valence-electron chi connectivity index (χ0n) is 17.7. The first-order chi connectivity index (χ1) is 15.0. The molecule has 0 N–H and O–H groups in total. The number of esters is 1. The summed E-state index contributed by atoms with van der Waals surface area (Å²) in [7, 11) is -3.62. The van der Waals surface area contributed by atoms with Crippen molar-refractivity contribution in [1.29, 1.82) is 0 Å². The lowest BCUT2D eigenvalue weighted by molar-refractivity contribution is -0.152. The van der Waals surface area contributed by atoms with Crippen molar-refractivity contribution >= 4 is 26.6 Å². The van der Waals surface area contributed by atoms with Crippen molar-refractivity contribution in [1.82, 2.24) is 0 Å². The lowest BCUT2D eigenvalue weighted by Crippen LogP contribution is -2.40. The molecule has 4 rings (SSSR count). The SMILES string of the molecule is CC[C@@H](C(=O)O[C@@H]1CCCC[C@H]1S(=O)(=O)c1ccc2ccccc2c1)c1ccccc1. The zero-order valence-corrected chi connectivity index (χ0v) is 18.6. The molecule has 3 aromatic carbocycles. The van der Waals surface area contributed by atoms with Crippen LogP contribution in [0.5, 0.6) is 0 Å². The maximum Gasteiger partial charge on any atom is 0.313 e. The summed E-state index contributed by atoms with van der Waals surface area (Å²) in [6.45, 7) is 1.95. The first kappa shape index (κ1) is 21.6. The minimum absolute atomic E-state index is 0.300. The van der Waals surface area contributed by atoms with Crippen LogP contribution in [-0.4, -0.2) is 25.7 Å². The van der Waals surface area contributed by atoms with Crippen LogP contribution in [0.15, 0.2) is 77.7 Å². The standard InChI is InChI=1S/C26H28O4S/c1-2-23(20-11-4-3-5-12-20)26(27)30-24-14-8-9-15-25(24)31(28,29)22-17-16-19-10-6-7-13-21(19)18-22/h3-7,10-13,16-18,23-25H,2,8-9,14-15H2,1H3/t23-,24-,25-/m1/s1. The van der Waals surface area contributed by atoms with E-state index in [1.54, 1.807) is 12.1 Å². The van der Waals surface area contributed by atoms with Gasteiger partial charge in [-0.05, 0) is 54.2 Å². The molecule has 3 atom stereocenters. The highest BCUT2D eigenvalue weighted by molar-refractivity contribution is 7.92. The van der Waals surface area contributed by atoms with E-state index in [-0.39, 0.29) is 11.9 Å². The lowest BCUT2D eigenvalue weighted by atomic mass is 9.95.